The lowest BCUT2D eigenvalue weighted by Crippen LogP contribution is -2.49. The third kappa shape index (κ3) is 6.56. The fourth-order valence-electron chi connectivity index (χ4n) is 6.75. The summed E-state index contributed by atoms with van der Waals surface area (Å²) in [5, 5.41) is 11.7. The fraction of sp³-hybridized carbons (Fsp3) is 0.485. The monoisotopic (exact) mass is 612 g/mol. The summed E-state index contributed by atoms with van der Waals surface area (Å²) in [5.74, 6) is 0.0674. The van der Waals surface area contributed by atoms with Crippen molar-refractivity contribution in [1.82, 2.24) is 4.72 Å². The molecule has 0 bridgehead atoms. The van der Waals surface area contributed by atoms with Gasteiger partial charge in [-0.05, 0) is 91.8 Å². The van der Waals surface area contributed by atoms with Gasteiger partial charge in [-0.15, -0.1) is 6.58 Å². The van der Waals surface area contributed by atoms with Crippen molar-refractivity contribution in [1.29, 1.82) is 0 Å². The van der Waals surface area contributed by atoms with Crippen LogP contribution in [0.15, 0.2) is 61.2 Å². The number of rotatable bonds is 10. The first-order chi connectivity index (χ1) is 20.1. The zero-order valence-corrected chi connectivity index (χ0v) is 25.8. The van der Waals surface area contributed by atoms with Crippen LogP contribution in [-0.4, -0.2) is 51.0 Å². The van der Waals surface area contributed by atoms with E-state index in [1.807, 2.05) is 12.1 Å². The Morgan fingerprint density at radius 3 is 2.86 bits per heavy atom. The smallest absolute Gasteiger partial charge is 0.264 e. The van der Waals surface area contributed by atoms with Crippen LogP contribution >= 0.6 is 11.6 Å². The van der Waals surface area contributed by atoms with E-state index in [1.165, 1.54) is 17.2 Å². The lowest BCUT2D eigenvalue weighted by molar-refractivity contribution is 0.0456. The average Bonchev–Trinajstić information content (AvgIpc) is 3.08. The molecule has 1 aliphatic heterocycles. The van der Waals surface area contributed by atoms with Gasteiger partial charge >= 0.3 is 0 Å². The van der Waals surface area contributed by atoms with E-state index in [-0.39, 0.29) is 28.6 Å². The van der Waals surface area contributed by atoms with Crippen LogP contribution in [0.25, 0.3) is 0 Å². The summed E-state index contributed by atoms with van der Waals surface area (Å²) in [6.45, 7) is 7.45. The molecule has 2 aliphatic carbocycles. The first-order valence-corrected chi connectivity index (χ1v) is 17.0. The minimum atomic E-state index is -3.83. The molecule has 0 aromatic heterocycles. The second-order valence-corrected chi connectivity index (χ2v) is 14.2. The van der Waals surface area contributed by atoms with Gasteiger partial charge < -0.3 is 14.7 Å². The molecule has 226 valence electrons. The van der Waals surface area contributed by atoms with Crippen molar-refractivity contribution in [3.8, 4) is 5.75 Å². The molecule has 4 atom stereocenters. The number of fused-ring (bicyclic) bond motifs is 3. The van der Waals surface area contributed by atoms with Crippen molar-refractivity contribution in [2.24, 2.45) is 11.8 Å². The quantitative estimate of drug-likeness (QED) is 0.329. The summed E-state index contributed by atoms with van der Waals surface area (Å²) >= 11 is 6.38. The van der Waals surface area contributed by atoms with Crippen molar-refractivity contribution in [3.63, 3.8) is 0 Å². The molecule has 2 aromatic rings. The number of amides is 1. The van der Waals surface area contributed by atoms with Gasteiger partial charge in [0.2, 0.25) is 10.0 Å². The van der Waals surface area contributed by atoms with Gasteiger partial charge in [0.05, 0.1) is 24.2 Å². The molecule has 1 saturated carbocycles. The Kier molecular flexibility index (Phi) is 9.35. The predicted octanol–water partition coefficient (Wildman–Crippen LogP) is 5.80. The number of aliphatic hydroxyl groups excluding tert-OH is 1. The van der Waals surface area contributed by atoms with Gasteiger partial charge in [-0.2, -0.15) is 0 Å². The van der Waals surface area contributed by atoms with Crippen molar-refractivity contribution < 1.29 is 23.1 Å². The topological polar surface area (TPSA) is 95.9 Å². The lowest BCUT2D eigenvalue weighted by atomic mass is 9.68. The van der Waals surface area contributed by atoms with Crippen LogP contribution in [0.2, 0.25) is 5.02 Å². The summed E-state index contributed by atoms with van der Waals surface area (Å²) < 4.78 is 33.2. The molecular formula is C33H41ClN2O5S. The number of benzene rings is 2. The number of hydrogen-bond acceptors (Lipinski definition) is 6. The van der Waals surface area contributed by atoms with Crippen LogP contribution in [0.3, 0.4) is 0 Å². The molecule has 42 heavy (non-hydrogen) atoms. The van der Waals surface area contributed by atoms with Crippen molar-refractivity contribution in [3.05, 3.63) is 82.9 Å². The molecule has 1 amide bonds. The Hall–Kier alpha value is -2.81. The van der Waals surface area contributed by atoms with Gasteiger partial charge in [-0.3, -0.25) is 4.79 Å². The van der Waals surface area contributed by atoms with E-state index < -0.39 is 22.0 Å². The zero-order valence-electron chi connectivity index (χ0n) is 24.2. The number of unbranched alkanes of at least 4 members (excludes halogenated alkanes) is 1. The van der Waals surface area contributed by atoms with E-state index in [0.29, 0.717) is 25.4 Å². The number of ether oxygens (including phenoxy) is 1. The first-order valence-electron chi connectivity index (χ1n) is 15.0. The third-order valence-corrected chi connectivity index (χ3v) is 10.4. The van der Waals surface area contributed by atoms with E-state index in [0.717, 1.165) is 55.7 Å². The summed E-state index contributed by atoms with van der Waals surface area (Å²) in [6.07, 6.45) is 11.7. The fourth-order valence-corrected chi connectivity index (χ4v) is 7.74. The van der Waals surface area contributed by atoms with Gasteiger partial charge in [0.15, 0.2) is 0 Å². The normalized spacial score (nSPS) is 24.2. The van der Waals surface area contributed by atoms with E-state index in [4.69, 9.17) is 16.3 Å². The van der Waals surface area contributed by atoms with Crippen molar-refractivity contribution in [2.45, 2.75) is 63.4 Å². The molecule has 0 saturated heterocycles. The van der Waals surface area contributed by atoms with Crippen LogP contribution in [0.4, 0.5) is 5.69 Å². The van der Waals surface area contributed by atoms with Gasteiger partial charge in [-0.1, -0.05) is 49.2 Å². The Morgan fingerprint density at radius 1 is 1.29 bits per heavy atom. The van der Waals surface area contributed by atoms with Crippen molar-refractivity contribution >= 4 is 33.2 Å². The molecule has 5 rings (SSSR count). The second-order valence-electron chi connectivity index (χ2n) is 12.0. The van der Waals surface area contributed by atoms with E-state index in [2.05, 4.69) is 41.3 Å². The van der Waals surface area contributed by atoms with Crippen LogP contribution < -0.4 is 14.4 Å². The minimum Gasteiger partial charge on any atom is -0.490 e. The zero-order chi connectivity index (χ0) is 29.9. The highest BCUT2D eigenvalue weighted by molar-refractivity contribution is 7.90. The highest BCUT2D eigenvalue weighted by Gasteiger charge is 2.44. The molecule has 1 heterocycles. The first kappa shape index (κ1) is 30.6. The highest BCUT2D eigenvalue weighted by atomic mass is 35.5. The standard InChI is InChI=1S/C33H41ClN2O5S/c1-3-5-6-9-30(37)27-13-10-25(27)20-36-21-33(16-7-8-23-18-26(34)12-14-28(23)33)22-41-31-15-11-24(19-29(31)36)32(38)35-42(39,40)17-4-2/h4,6,9,11-12,14-15,18-19,25,27,30,37H,2-3,5,7-8,10,13,16-17,20-22H2,1H3,(H,35,38)/b9-6+/t25-,27+,30?,33-/m0/s1. The summed E-state index contributed by atoms with van der Waals surface area (Å²) in [4.78, 5) is 15.3. The molecular weight excluding hydrogens is 572 g/mol. The number of hydrogen-bond donors (Lipinski definition) is 2. The number of halogens is 1. The van der Waals surface area contributed by atoms with Crippen LogP contribution in [0.5, 0.6) is 5.75 Å². The molecule has 1 unspecified atom stereocenters. The van der Waals surface area contributed by atoms with Crippen LogP contribution in [0, 0.1) is 11.8 Å². The molecule has 0 radical (unpaired) electrons. The minimum absolute atomic E-state index is 0.162. The Balaban J connectivity index is 1.49. The van der Waals surface area contributed by atoms with Gasteiger partial charge in [-0.25, -0.2) is 13.1 Å². The number of aryl methyl sites for hydroxylation is 1. The van der Waals surface area contributed by atoms with E-state index in [9.17, 15) is 18.3 Å². The maximum absolute atomic E-state index is 13.0. The summed E-state index contributed by atoms with van der Waals surface area (Å²) in [5.41, 5.74) is 3.23. The van der Waals surface area contributed by atoms with Crippen LogP contribution in [-0.2, 0) is 21.9 Å². The van der Waals surface area contributed by atoms with E-state index >= 15 is 0 Å². The number of nitrogens with one attached hydrogen (secondary N) is 1. The lowest BCUT2D eigenvalue weighted by Gasteiger charge is -2.45. The molecule has 1 spiro atoms. The van der Waals surface area contributed by atoms with Crippen molar-refractivity contribution in [2.75, 3.05) is 30.3 Å². The van der Waals surface area contributed by atoms with Gasteiger partial charge in [0, 0.05) is 29.1 Å². The maximum atomic E-state index is 13.0. The molecule has 2 aromatic carbocycles. The molecule has 3 aliphatic rings. The molecule has 1 fully saturated rings. The van der Waals surface area contributed by atoms with Crippen LogP contribution in [0.1, 0.15) is 66.9 Å². The Labute approximate surface area is 254 Å². The molecule has 2 N–H and O–H groups in total. The second kappa shape index (κ2) is 12.8. The third-order valence-electron chi connectivity index (χ3n) is 9.04. The number of anilines is 1. The van der Waals surface area contributed by atoms with Gasteiger partial charge in [0.1, 0.15) is 5.75 Å². The Morgan fingerprint density at radius 2 is 2.12 bits per heavy atom. The van der Waals surface area contributed by atoms with E-state index in [1.54, 1.807) is 18.2 Å². The largest absolute Gasteiger partial charge is 0.490 e. The number of nitrogens with zero attached hydrogens (tertiary/aromatic N) is 1. The molecule has 7 nitrogen and oxygen atoms in total. The number of carbonyl (C=O) groups is 1. The number of carbonyl (C=O) groups excluding carboxylic acids is 1. The van der Waals surface area contributed by atoms with Gasteiger partial charge in [0.25, 0.3) is 5.91 Å². The summed E-state index contributed by atoms with van der Waals surface area (Å²) in [7, 11) is -3.83. The number of aliphatic hydroxyl groups is 1. The maximum Gasteiger partial charge on any atom is 0.264 e. The Bertz CT molecular complexity index is 1460. The average molecular weight is 613 g/mol. The number of allylic oxidation sites excluding steroid dienone is 1. The predicted molar refractivity (Wildman–Crippen MR) is 168 cm³/mol. The summed E-state index contributed by atoms with van der Waals surface area (Å²) in [6, 6.07) is 11.3. The number of sulfonamides is 1. The highest BCUT2D eigenvalue weighted by Crippen LogP contribution is 2.46. The SMILES string of the molecule is C=CCS(=O)(=O)NC(=O)c1ccc2c(c1)N(C[C@@H]1CC[C@H]1C(O)/C=C/CCC)C[C@@]1(CCCc3cc(Cl)ccc31)CO2. The molecule has 9 heteroatoms.